The zero-order valence-electron chi connectivity index (χ0n) is 22.3. The zero-order valence-corrected chi connectivity index (χ0v) is 23.1. The van der Waals surface area contributed by atoms with Gasteiger partial charge in [-0.15, -0.1) is 0 Å². The Kier molecular flexibility index (Phi) is 7.83. The molecule has 4 rings (SSSR count). The van der Waals surface area contributed by atoms with Gasteiger partial charge >= 0.3 is 0 Å². The number of hydrazone groups is 1. The monoisotopic (exact) mass is 528 g/mol. The van der Waals surface area contributed by atoms with Gasteiger partial charge < -0.3 is 4.57 Å². The number of sulfonamides is 1. The number of nitrogens with one attached hydrogen (secondary N) is 1. The lowest BCUT2D eigenvalue weighted by Gasteiger charge is -2.23. The Morgan fingerprint density at radius 1 is 0.895 bits per heavy atom. The summed E-state index contributed by atoms with van der Waals surface area (Å²) < 4.78 is 30.1. The smallest absolute Gasteiger partial charge is 0.264 e. The van der Waals surface area contributed by atoms with Gasteiger partial charge in [-0.1, -0.05) is 42.0 Å². The predicted molar refractivity (Wildman–Crippen MR) is 153 cm³/mol. The highest BCUT2D eigenvalue weighted by molar-refractivity contribution is 7.92. The first kappa shape index (κ1) is 26.9. The molecule has 4 aromatic rings. The second-order valence-corrected chi connectivity index (χ2v) is 11.2. The van der Waals surface area contributed by atoms with Crippen molar-refractivity contribution in [1.82, 2.24) is 9.99 Å². The third-order valence-corrected chi connectivity index (χ3v) is 8.34. The third-order valence-electron chi connectivity index (χ3n) is 6.55. The molecule has 0 unspecified atom stereocenters. The van der Waals surface area contributed by atoms with E-state index in [1.165, 1.54) is 23.3 Å². The molecule has 1 heterocycles. The molecule has 196 valence electrons. The van der Waals surface area contributed by atoms with Gasteiger partial charge in [0.25, 0.3) is 15.9 Å². The molecule has 0 aliphatic rings. The van der Waals surface area contributed by atoms with Crippen LogP contribution in [0.1, 0.15) is 33.6 Å². The molecule has 0 radical (unpaired) electrons. The Morgan fingerprint density at radius 3 is 2.24 bits per heavy atom. The van der Waals surface area contributed by atoms with Crippen LogP contribution in [0.4, 0.5) is 5.69 Å². The summed E-state index contributed by atoms with van der Waals surface area (Å²) in [4.78, 5) is 13.0. The Balaban J connectivity index is 1.54. The number of anilines is 1. The van der Waals surface area contributed by atoms with Crippen molar-refractivity contribution >= 4 is 27.8 Å². The van der Waals surface area contributed by atoms with Crippen molar-refractivity contribution in [3.63, 3.8) is 0 Å². The lowest BCUT2D eigenvalue weighted by Crippen LogP contribution is -2.39. The van der Waals surface area contributed by atoms with Crippen LogP contribution in [0.3, 0.4) is 0 Å². The minimum absolute atomic E-state index is 0.107. The molecule has 0 aliphatic heterocycles. The average Bonchev–Trinajstić information content (AvgIpc) is 3.18. The van der Waals surface area contributed by atoms with Gasteiger partial charge in [0.15, 0.2) is 0 Å². The normalized spacial score (nSPS) is 11.6. The number of aryl methyl sites for hydroxylation is 4. The van der Waals surface area contributed by atoms with Gasteiger partial charge in [-0.25, -0.2) is 13.8 Å². The summed E-state index contributed by atoms with van der Waals surface area (Å²) in [5, 5.41) is 4.14. The van der Waals surface area contributed by atoms with Crippen molar-refractivity contribution in [3.8, 4) is 5.69 Å². The quantitative estimate of drug-likeness (QED) is 0.247. The molecule has 0 atom stereocenters. The van der Waals surface area contributed by atoms with E-state index in [1.54, 1.807) is 36.5 Å². The summed E-state index contributed by atoms with van der Waals surface area (Å²) in [5.41, 5.74) is 10.3. The number of aromatic nitrogens is 1. The van der Waals surface area contributed by atoms with Crippen LogP contribution in [0.15, 0.2) is 88.9 Å². The van der Waals surface area contributed by atoms with Crippen molar-refractivity contribution < 1.29 is 13.2 Å². The number of carbonyl (C=O) groups excluding carboxylic acids is 1. The van der Waals surface area contributed by atoms with Crippen LogP contribution in [-0.2, 0) is 14.8 Å². The van der Waals surface area contributed by atoms with Crippen molar-refractivity contribution in [1.29, 1.82) is 0 Å². The zero-order chi connectivity index (χ0) is 27.4. The summed E-state index contributed by atoms with van der Waals surface area (Å²) in [6.07, 6.45) is 1.58. The largest absolute Gasteiger partial charge is 0.318 e. The first-order valence-corrected chi connectivity index (χ1v) is 13.7. The van der Waals surface area contributed by atoms with Crippen LogP contribution in [0.25, 0.3) is 5.69 Å². The highest BCUT2D eigenvalue weighted by Gasteiger charge is 2.27. The fourth-order valence-corrected chi connectivity index (χ4v) is 5.71. The van der Waals surface area contributed by atoms with E-state index in [1.807, 2.05) is 39.0 Å². The first-order chi connectivity index (χ1) is 18.1. The van der Waals surface area contributed by atoms with Crippen LogP contribution in [-0.4, -0.2) is 31.7 Å². The van der Waals surface area contributed by atoms with E-state index in [0.29, 0.717) is 5.69 Å². The second-order valence-electron chi connectivity index (χ2n) is 9.38. The van der Waals surface area contributed by atoms with Gasteiger partial charge in [0.2, 0.25) is 0 Å². The molecule has 3 aromatic carbocycles. The third kappa shape index (κ3) is 5.70. The summed E-state index contributed by atoms with van der Waals surface area (Å²) in [6, 6.07) is 23.4. The maximum atomic E-state index is 13.4. The van der Waals surface area contributed by atoms with E-state index in [-0.39, 0.29) is 4.90 Å². The summed E-state index contributed by atoms with van der Waals surface area (Å²) in [7, 11) is -3.97. The maximum Gasteiger partial charge on any atom is 0.264 e. The number of hydrogen-bond donors (Lipinski definition) is 1. The molecule has 0 saturated carbocycles. The summed E-state index contributed by atoms with van der Waals surface area (Å²) in [5.74, 6) is -0.552. The van der Waals surface area contributed by atoms with Crippen molar-refractivity contribution in [2.24, 2.45) is 5.10 Å². The molecule has 7 nitrogen and oxygen atoms in total. The summed E-state index contributed by atoms with van der Waals surface area (Å²) >= 11 is 0. The van der Waals surface area contributed by atoms with Crippen LogP contribution < -0.4 is 9.73 Å². The van der Waals surface area contributed by atoms with Crippen molar-refractivity contribution in [2.75, 3.05) is 10.8 Å². The molecule has 0 aliphatic carbocycles. The Morgan fingerprint density at radius 2 is 1.58 bits per heavy atom. The van der Waals surface area contributed by atoms with Crippen LogP contribution in [0, 0.1) is 34.6 Å². The minimum Gasteiger partial charge on any atom is -0.318 e. The average molecular weight is 529 g/mol. The van der Waals surface area contributed by atoms with Crippen molar-refractivity contribution in [2.45, 2.75) is 39.5 Å². The molecular weight excluding hydrogens is 496 g/mol. The van der Waals surface area contributed by atoms with Gasteiger partial charge in [0.1, 0.15) is 6.54 Å². The number of nitrogens with zero attached hydrogens (tertiary/aromatic N) is 3. The summed E-state index contributed by atoms with van der Waals surface area (Å²) in [6.45, 7) is 9.68. The Bertz CT molecular complexity index is 1590. The minimum atomic E-state index is -3.97. The number of rotatable bonds is 8. The molecule has 8 heteroatoms. The highest BCUT2D eigenvalue weighted by atomic mass is 32.2. The lowest BCUT2D eigenvalue weighted by atomic mass is 10.1. The molecule has 0 fully saturated rings. The SMILES string of the molecule is Cc1ccc(N(CC(=O)N/N=C/c2cc(C)n(-c3ccc(C)c(C)c3)c2C)S(=O)(=O)c2ccccc2)cc1. The van der Waals surface area contributed by atoms with E-state index in [9.17, 15) is 13.2 Å². The molecule has 0 spiro atoms. The Labute approximate surface area is 224 Å². The lowest BCUT2D eigenvalue weighted by molar-refractivity contribution is -0.119. The van der Waals surface area contributed by atoms with Gasteiger partial charge in [0, 0.05) is 22.6 Å². The van der Waals surface area contributed by atoms with E-state index in [0.717, 1.165) is 32.5 Å². The van der Waals surface area contributed by atoms with Gasteiger partial charge in [-0.2, -0.15) is 5.10 Å². The van der Waals surface area contributed by atoms with E-state index < -0.39 is 22.5 Å². The fraction of sp³-hybridized carbons (Fsp3) is 0.200. The molecule has 1 aromatic heterocycles. The standard InChI is InChI=1S/C30H32N4O3S/c1-21-11-14-27(15-12-21)33(38(36,37)29-9-7-6-8-10-29)20-30(35)32-31-19-26-18-24(4)34(25(26)5)28-16-13-22(2)23(3)17-28/h6-19H,20H2,1-5H3,(H,32,35)/b31-19+. The van der Waals surface area contributed by atoms with E-state index in [2.05, 4.69) is 47.1 Å². The number of amides is 1. The molecule has 0 saturated heterocycles. The van der Waals surface area contributed by atoms with Gasteiger partial charge in [-0.05, 0) is 88.2 Å². The van der Waals surface area contributed by atoms with Gasteiger partial charge in [0.05, 0.1) is 16.8 Å². The van der Waals surface area contributed by atoms with Gasteiger partial charge in [-0.3, -0.25) is 9.10 Å². The molecule has 0 bridgehead atoms. The van der Waals surface area contributed by atoms with Crippen molar-refractivity contribution in [3.05, 3.63) is 113 Å². The molecular formula is C30H32N4O3S. The number of hydrogen-bond acceptors (Lipinski definition) is 4. The highest BCUT2D eigenvalue weighted by Crippen LogP contribution is 2.24. The number of carbonyl (C=O) groups is 1. The molecule has 1 amide bonds. The topological polar surface area (TPSA) is 83.8 Å². The van der Waals surface area contributed by atoms with E-state index >= 15 is 0 Å². The Hall–Kier alpha value is -4.17. The van der Waals surface area contributed by atoms with E-state index in [4.69, 9.17) is 0 Å². The molecule has 38 heavy (non-hydrogen) atoms. The second kappa shape index (κ2) is 11.1. The molecule has 1 N–H and O–H groups in total. The number of benzene rings is 3. The first-order valence-electron chi connectivity index (χ1n) is 12.3. The van der Waals surface area contributed by atoms with Crippen LogP contribution in [0.5, 0.6) is 0 Å². The maximum absolute atomic E-state index is 13.4. The van der Waals surface area contributed by atoms with Crippen LogP contribution >= 0.6 is 0 Å². The predicted octanol–water partition coefficient (Wildman–Crippen LogP) is 5.37. The fourth-order valence-electron chi connectivity index (χ4n) is 4.27. The van der Waals surface area contributed by atoms with Crippen LogP contribution in [0.2, 0.25) is 0 Å².